The van der Waals surface area contributed by atoms with E-state index in [0.29, 0.717) is 25.3 Å². The van der Waals surface area contributed by atoms with E-state index in [-0.39, 0.29) is 12.5 Å². The van der Waals surface area contributed by atoms with Crippen molar-refractivity contribution in [3.63, 3.8) is 0 Å². The number of unbranched alkanes of at least 4 members (excludes halogenated alkanes) is 8. The fourth-order valence-corrected chi connectivity index (χ4v) is 4.10. The number of carbonyl (C=O) groups is 2. The number of hydrogen-bond acceptors (Lipinski definition) is 4. The van der Waals surface area contributed by atoms with Gasteiger partial charge < -0.3 is 14.4 Å². The Morgan fingerprint density at radius 2 is 1.34 bits per heavy atom. The van der Waals surface area contributed by atoms with Crippen molar-refractivity contribution < 1.29 is 19.1 Å². The summed E-state index contributed by atoms with van der Waals surface area (Å²) in [4.78, 5) is 26.3. The van der Waals surface area contributed by atoms with Crippen LogP contribution >= 0.6 is 0 Å². The lowest BCUT2D eigenvalue weighted by Gasteiger charge is -2.23. The van der Waals surface area contributed by atoms with Crippen LogP contribution < -0.4 is 4.74 Å². The van der Waals surface area contributed by atoms with Crippen LogP contribution in [0, 0.1) is 11.8 Å². The highest BCUT2D eigenvalue weighted by Crippen LogP contribution is 2.17. The lowest BCUT2D eigenvalue weighted by Crippen LogP contribution is -2.29. The van der Waals surface area contributed by atoms with Gasteiger partial charge in [0.05, 0.1) is 7.11 Å². The topological polar surface area (TPSA) is 55.8 Å². The molecule has 2 aromatic rings. The largest absolute Gasteiger partial charge is 0.482 e. The predicted octanol–water partition coefficient (Wildman–Crippen LogP) is 7.45. The maximum absolute atomic E-state index is 13.1. The van der Waals surface area contributed by atoms with Crippen LogP contribution in [0.4, 0.5) is 0 Å². The summed E-state index contributed by atoms with van der Waals surface area (Å²) in [6.07, 6.45) is 12.2. The third kappa shape index (κ3) is 12.8. The molecule has 0 atom stereocenters. The highest BCUT2D eigenvalue weighted by Gasteiger charge is 2.15. The molecule has 0 aliphatic rings. The van der Waals surface area contributed by atoms with Crippen LogP contribution in [0.25, 0.3) is 0 Å². The second-order valence-electron chi connectivity index (χ2n) is 9.73. The number of benzene rings is 2. The SMILES string of the molecule is CCCCCCCCC#Cc1ccc(CN(Cc2ccc(OCC(=O)OC)cc2)C(=O)CCCCC)cc1. The van der Waals surface area contributed by atoms with E-state index in [0.717, 1.165) is 42.4 Å². The third-order valence-corrected chi connectivity index (χ3v) is 6.44. The second kappa shape index (κ2) is 18.9. The number of hydrogen-bond donors (Lipinski definition) is 0. The first-order chi connectivity index (χ1) is 18.5. The van der Waals surface area contributed by atoms with Gasteiger partial charge in [0.25, 0.3) is 0 Å². The number of rotatable bonds is 17. The molecule has 0 aliphatic heterocycles. The third-order valence-electron chi connectivity index (χ3n) is 6.44. The molecular formula is C33H45NO4. The van der Waals surface area contributed by atoms with Crippen LogP contribution in [0.2, 0.25) is 0 Å². The summed E-state index contributed by atoms with van der Waals surface area (Å²) in [5, 5.41) is 0. The van der Waals surface area contributed by atoms with Crippen LogP contribution in [0.1, 0.15) is 101 Å². The van der Waals surface area contributed by atoms with Gasteiger partial charge in [-0.15, -0.1) is 0 Å². The molecule has 2 rings (SSSR count). The molecule has 0 N–H and O–H groups in total. The van der Waals surface area contributed by atoms with E-state index in [1.54, 1.807) is 0 Å². The van der Waals surface area contributed by atoms with Crippen LogP contribution in [-0.4, -0.2) is 30.5 Å². The first-order valence-corrected chi connectivity index (χ1v) is 14.2. The van der Waals surface area contributed by atoms with Crippen LogP contribution in [0.3, 0.4) is 0 Å². The van der Waals surface area contributed by atoms with E-state index in [4.69, 9.17) is 4.74 Å². The average Bonchev–Trinajstić information content (AvgIpc) is 2.94. The normalized spacial score (nSPS) is 10.4. The minimum atomic E-state index is -0.423. The van der Waals surface area contributed by atoms with Gasteiger partial charge in [-0.3, -0.25) is 4.79 Å². The van der Waals surface area contributed by atoms with E-state index >= 15 is 0 Å². The van der Waals surface area contributed by atoms with Crippen molar-refractivity contribution in [3.05, 3.63) is 65.2 Å². The van der Waals surface area contributed by atoms with Gasteiger partial charge in [0, 0.05) is 31.5 Å². The van der Waals surface area contributed by atoms with Crippen molar-refractivity contribution >= 4 is 11.9 Å². The Hall–Kier alpha value is -3.26. The van der Waals surface area contributed by atoms with Crippen LogP contribution in [0.5, 0.6) is 5.75 Å². The van der Waals surface area contributed by atoms with Crippen LogP contribution in [0.15, 0.2) is 48.5 Å². The number of nitrogens with zero attached hydrogens (tertiary/aromatic N) is 1. The quantitative estimate of drug-likeness (QED) is 0.124. The lowest BCUT2D eigenvalue weighted by atomic mass is 10.1. The molecule has 0 bridgehead atoms. The highest BCUT2D eigenvalue weighted by molar-refractivity contribution is 5.76. The summed E-state index contributed by atoms with van der Waals surface area (Å²) < 4.78 is 10.0. The molecule has 2 aromatic carbocycles. The Morgan fingerprint density at radius 3 is 1.97 bits per heavy atom. The fraction of sp³-hybridized carbons (Fsp3) is 0.515. The minimum Gasteiger partial charge on any atom is -0.482 e. The summed E-state index contributed by atoms with van der Waals surface area (Å²) in [6.45, 7) is 5.33. The van der Waals surface area contributed by atoms with Gasteiger partial charge in [-0.05, 0) is 48.2 Å². The molecule has 206 valence electrons. The molecule has 1 amide bonds. The van der Waals surface area contributed by atoms with Gasteiger partial charge in [-0.1, -0.05) is 94.9 Å². The number of ether oxygens (including phenoxy) is 2. The van der Waals surface area contributed by atoms with Gasteiger partial charge in [-0.25, -0.2) is 4.79 Å². The average molecular weight is 520 g/mol. The summed E-state index contributed by atoms with van der Waals surface area (Å²) in [5.74, 6) is 6.91. The van der Waals surface area contributed by atoms with Crippen molar-refractivity contribution in [1.29, 1.82) is 0 Å². The molecule has 0 heterocycles. The molecule has 0 saturated carbocycles. The van der Waals surface area contributed by atoms with Crippen molar-refractivity contribution in [1.82, 2.24) is 4.90 Å². The van der Waals surface area contributed by atoms with E-state index in [1.165, 1.54) is 45.6 Å². The van der Waals surface area contributed by atoms with E-state index in [9.17, 15) is 9.59 Å². The standard InChI is InChI=1S/C33H45NO4/c1-4-6-8-9-10-11-12-14-15-28-17-19-29(20-18-28)25-34(32(35)16-13-7-5-2)26-30-21-23-31(24-22-30)38-27-33(36)37-3/h17-24H,4-13,16,25-27H2,1-3H3. The maximum atomic E-state index is 13.1. The van der Waals surface area contributed by atoms with Gasteiger partial charge in [-0.2, -0.15) is 0 Å². The van der Waals surface area contributed by atoms with E-state index in [2.05, 4.69) is 54.7 Å². The first kappa shape index (κ1) is 31.0. The Labute approximate surface area is 229 Å². The molecule has 5 nitrogen and oxygen atoms in total. The summed E-state index contributed by atoms with van der Waals surface area (Å²) in [7, 11) is 1.33. The summed E-state index contributed by atoms with van der Waals surface area (Å²) in [6, 6.07) is 15.7. The van der Waals surface area contributed by atoms with Gasteiger partial charge in [0.15, 0.2) is 6.61 Å². The number of methoxy groups -OCH3 is 1. The number of esters is 1. The van der Waals surface area contributed by atoms with Gasteiger partial charge in [0.2, 0.25) is 5.91 Å². The van der Waals surface area contributed by atoms with Crippen LogP contribution in [-0.2, 0) is 27.4 Å². The molecule has 0 spiro atoms. The van der Waals surface area contributed by atoms with Gasteiger partial charge in [0.1, 0.15) is 5.75 Å². The number of carbonyl (C=O) groups excluding carboxylic acids is 2. The second-order valence-corrected chi connectivity index (χ2v) is 9.73. The molecule has 38 heavy (non-hydrogen) atoms. The summed E-state index contributed by atoms with van der Waals surface area (Å²) >= 11 is 0. The molecular weight excluding hydrogens is 474 g/mol. The summed E-state index contributed by atoms with van der Waals surface area (Å²) in [5.41, 5.74) is 3.12. The van der Waals surface area contributed by atoms with E-state index < -0.39 is 5.97 Å². The van der Waals surface area contributed by atoms with E-state index in [1.807, 2.05) is 29.2 Å². The Morgan fingerprint density at radius 1 is 0.763 bits per heavy atom. The molecule has 0 radical (unpaired) electrons. The first-order valence-electron chi connectivity index (χ1n) is 14.2. The van der Waals surface area contributed by atoms with Crippen molar-refractivity contribution in [2.45, 2.75) is 97.6 Å². The lowest BCUT2D eigenvalue weighted by molar-refractivity contribution is -0.143. The smallest absolute Gasteiger partial charge is 0.343 e. The fourth-order valence-electron chi connectivity index (χ4n) is 4.10. The zero-order chi connectivity index (χ0) is 27.4. The molecule has 0 fully saturated rings. The van der Waals surface area contributed by atoms with Crippen molar-refractivity contribution in [3.8, 4) is 17.6 Å². The minimum absolute atomic E-state index is 0.128. The molecule has 0 unspecified atom stereocenters. The zero-order valence-corrected chi connectivity index (χ0v) is 23.6. The molecule has 0 saturated heterocycles. The monoisotopic (exact) mass is 519 g/mol. The maximum Gasteiger partial charge on any atom is 0.343 e. The van der Waals surface area contributed by atoms with Crippen molar-refractivity contribution in [2.24, 2.45) is 0 Å². The molecule has 5 heteroatoms. The Balaban J connectivity index is 1.95. The zero-order valence-electron chi connectivity index (χ0n) is 23.6. The van der Waals surface area contributed by atoms with Gasteiger partial charge >= 0.3 is 5.97 Å². The van der Waals surface area contributed by atoms with Crippen molar-refractivity contribution in [2.75, 3.05) is 13.7 Å². The Bertz CT molecular complexity index is 1000. The highest BCUT2D eigenvalue weighted by atomic mass is 16.6. The molecule has 0 aliphatic carbocycles. The molecule has 0 aromatic heterocycles. The number of amides is 1. The Kier molecular flexibility index (Phi) is 15.4. The predicted molar refractivity (Wildman–Crippen MR) is 154 cm³/mol.